The minimum atomic E-state index is 0.368. The van der Waals surface area contributed by atoms with Crippen molar-refractivity contribution in [2.24, 2.45) is 40.4 Å². The first-order chi connectivity index (χ1) is 10.8. The van der Waals surface area contributed by atoms with E-state index in [0.717, 1.165) is 42.4 Å². The van der Waals surface area contributed by atoms with Crippen molar-refractivity contribution in [2.45, 2.75) is 78.7 Å². The summed E-state index contributed by atoms with van der Waals surface area (Å²) in [7, 11) is 2.07. The molecule has 1 saturated heterocycles. The van der Waals surface area contributed by atoms with Gasteiger partial charge in [0, 0.05) is 19.5 Å². The van der Waals surface area contributed by atoms with Gasteiger partial charge in [-0.2, -0.15) is 0 Å². The largest absolute Gasteiger partial charge is 0.342 e. The van der Waals surface area contributed by atoms with Crippen LogP contribution in [0.2, 0.25) is 0 Å². The first-order valence-corrected chi connectivity index (χ1v) is 10.0. The summed E-state index contributed by atoms with van der Waals surface area (Å²) in [5.74, 6) is 4.76. The lowest BCUT2D eigenvalue weighted by molar-refractivity contribution is -0.164. The Kier molecular flexibility index (Phi) is 3.46. The Morgan fingerprint density at radius 2 is 1.83 bits per heavy atom. The number of rotatable bonds is 0. The van der Waals surface area contributed by atoms with Crippen molar-refractivity contribution in [3.63, 3.8) is 0 Å². The van der Waals surface area contributed by atoms with E-state index in [0.29, 0.717) is 22.8 Å². The molecule has 0 spiro atoms. The molecule has 8 atom stereocenters. The summed E-state index contributed by atoms with van der Waals surface area (Å²) in [6.07, 6.45) is 8.89. The molecule has 3 saturated carbocycles. The van der Waals surface area contributed by atoms with Gasteiger partial charge in [0.15, 0.2) is 0 Å². The fraction of sp³-hybridized carbons (Fsp3) is 0.952. The van der Waals surface area contributed by atoms with Crippen LogP contribution in [0.5, 0.6) is 0 Å². The van der Waals surface area contributed by atoms with Crippen LogP contribution in [-0.2, 0) is 4.79 Å². The fourth-order valence-corrected chi connectivity index (χ4v) is 7.88. The van der Waals surface area contributed by atoms with Crippen LogP contribution in [0.1, 0.15) is 72.6 Å². The van der Waals surface area contributed by atoms with Gasteiger partial charge in [0.2, 0.25) is 5.91 Å². The van der Waals surface area contributed by atoms with E-state index in [9.17, 15) is 4.79 Å². The second-order valence-corrected chi connectivity index (χ2v) is 10.3. The highest BCUT2D eigenvalue weighted by Crippen LogP contribution is 2.66. The van der Waals surface area contributed by atoms with Crippen molar-refractivity contribution in [1.29, 1.82) is 0 Å². The summed E-state index contributed by atoms with van der Waals surface area (Å²) >= 11 is 0. The van der Waals surface area contributed by atoms with Crippen molar-refractivity contribution in [3.05, 3.63) is 0 Å². The van der Waals surface area contributed by atoms with Crippen LogP contribution in [0.15, 0.2) is 0 Å². The van der Waals surface area contributed by atoms with Gasteiger partial charge < -0.3 is 4.90 Å². The zero-order valence-corrected chi connectivity index (χ0v) is 15.8. The van der Waals surface area contributed by atoms with E-state index >= 15 is 0 Å². The number of fused-ring (bicyclic) bond motifs is 5. The second kappa shape index (κ2) is 4.99. The van der Waals surface area contributed by atoms with E-state index in [1.54, 1.807) is 0 Å². The highest BCUT2D eigenvalue weighted by molar-refractivity contribution is 5.77. The monoisotopic (exact) mass is 317 g/mol. The zero-order valence-electron chi connectivity index (χ0n) is 15.8. The smallest absolute Gasteiger partial charge is 0.222 e. The Morgan fingerprint density at radius 3 is 2.57 bits per heavy atom. The van der Waals surface area contributed by atoms with Crippen LogP contribution in [-0.4, -0.2) is 23.9 Å². The maximum Gasteiger partial charge on any atom is 0.222 e. The van der Waals surface area contributed by atoms with Crippen LogP contribution in [0.3, 0.4) is 0 Å². The van der Waals surface area contributed by atoms with Crippen LogP contribution in [0, 0.1) is 40.4 Å². The van der Waals surface area contributed by atoms with Crippen molar-refractivity contribution >= 4 is 5.91 Å². The molecular formula is C21H35NO. The Bertz CT molecular complexity index is 516. The summed E-state index contributed by atoms with van der Waals surface area (Å²) in [6, 6.07) is 0.489. The van der Waals surface area contributed by atoms with E-state index in [1.165, 1.54) is 32.1 Å². The highest BCUT2D eigenvalue weighted by Gasteiger charge is 2.61. The van der Waals surface area contributed by atoms with Gasteiger partial charge in [-0.1, -0.05) is 27.7 Å². The number of piperidine rings is 1. The number of carbonyl (C=O) groups is 1. The van der Waals surface area contributed by atoms with Crippen molar-refractivity contribution in [1.82, 2.24) is 4.90 Å². The SMILES string of the molecule is CC1CC2C3C(CC[C@]2(C)C1)[C@@]1(C)CCC(=O)N(C)C1C[C@@H]3C. The molecule has 0 aromatic heterocycles. The third kappa shape index (κ3) is 2.09. The van der Waals surface area contributed by atoms with E-state index < -0.39 is 0 Å². The summed E-state index contributed by atoms with van der Waals surface area (Å²) < 4.78 is 0. The Morgan fingerprint density at radius 1 is 1.09 bits per heavy atom. The minimum absolute atomic E-state index is 0.368. The summed E-state index contributed by atoms with van der Waals surface area (Å²) in [5, 5.41) is 0. The van der Waals surface area contributed by atoms with Crippen LogP contribution < -0.4 is 0 Å². The van der Waals surface area contributed by atoms with Crippen LogP contribution in [0.25, 0.3) is 0 Å². The number of likely N-dealkylation sites (tertiary alicyclic amines) is 1. The Hall–Kier alpha value is -0.530. The van der Waals surface area contributed by atoms with Gasteiger partial charge in [-0.25, -0.2) is 0 Å². The van der Waals surface area contributed by atoms with E-state index in [1.807, 2.05) is 0 Å². The third-order valence-electron chi connectivity index (χ3n) is 8.92. The third-order valence-corrected chi connectivity index (χ3v) is 8.92. The molecule has 1 heterocycles. The van der Waals surface area contributed by atoms with Gasteiger partial charge in [0.05, 0.1) is 0 Å². The van der Waals surface area contributed by atoms with Gasteiger partial charge >= 0.3 is 0 Å². The highest BCUT2D eigenvalue weighted by atomic mass is 16.2. The Balaban J connectivity index is 1.70. The van der Waals surface area contributed by atoms with Crippen LogP contribution in [0.4, 0.5) is 0 Å². The second-order valence-electron chi connectivity index (χ2n) is 10.3. The van der Waals surface area contributed by atoms with Gasteiger partial charge in [0.25, 0.3) is 0 Å². The minimum Gasteiger partial charge on any atom is -0.342 e. The van der Waals surface area contributed by atoms with Gasteiger partial charge in [-0.3, -0.25) is 4.79 Å². The maximum absolute atomic E-state index is 12.3. The number of amides is 1. The van der Waals surface area contributed by atoms with Crippen molar-refractivity contribution in [3.8, 4) is 0 Å². The van der Waals surface area contributed by atoms with Crippen LogP contribution >= 0.6 is 0 Å². The van der Waals surface area contributed by atoms with E-state index in [2.05, 4.69) is 39.6 Å². The average molecular weight is 318 g/mol. The number of hydrogen-bond donors (Lipinski definition) is 0. The first kappa shape index (κ1) is 16.0. The topological polar surface area (TPSA) is 20.3 Å². The molecular weight excluding hydrogens is 282 g/mol. The molecule has 23 heavy (non-hydrogen) atoms. The number of nitrogens with zero attached hydrogens (tertiary/aromatic N) is 1. The lowest BCUT2D eigenvalue weighted by Crippen LogP contribution is -2.62. The summed E-state index contributed by atoms with van der Waals surface area (Å²) in [4.78, 5) is 14.4. The molecule has 4 rings (SSSR count). The van der Waals surface area contributed by atoms with E-state index in [4.69, 9.17) is 0 Å². The molecule has 4 aliphatic rings. The Labute approximate surface area is 142 Å². The molecule has 4 fully saturated rings. The molecule has 0 aromatic rings. The van der Waals surface area contributed by atoms with Gasteiger partial charge in [-0.05, 0) is 78.9 Å². The first-order valence-electron chi connectivity index (χ1n) is 10.0. The molecule has 2 nitrogen and oxygen atoms in total. The molecule has 2 heteroatoms. The lowest BCUT2D eigenvalue weighted by atomic mass is 9.45. The van der Waals surface area contributed by atoms with Gasteiger partial charge in [0.1, 0.15) is 0 Å². The molecule has 0 radical (unpaired) electrons. The lowest BCUT2D eigenvalue weighted by Gasteiger charge is -2.63. The predicted molar refractivity (Wildman–Crippen MR) is 93.9 cm³/mol. The molecule has 1 amide bonds. The molecule has 3 aliphatic carbocycles. The van der Waals surface area contributed by atoms with Crippen molar-refractivity contribution in [2.75, 3.05) is 7.05 Å². The number of hydrogen-bond acceptors (Lipinski definition) is 1. The van der Waals surface area contributed by atoms with Gasteiger partial charge in [-0.15, -0.1) is 0 Å². The summed E-state index contributed by atoms with van der Waals surface area (Å²) in [5.41, 5.74) is 0.974. The fourth-order valence-electron chi connectivity index (χ4n) is 7.88. The number of carbonyl (C=O) groups excluding carboxylic acids is 1. The predicted octanol–water partition coefficient (Wildman–Crippen LogP) is 4.73. The summed E-state index contributed by atoms with van der Waals surface area (Å²) in [6.45, 7) is 10.1. The van der Waals surface area contributed by atoms with E-state index in [-0.39, 0.29) is 0 Å². The maximum atomic E-state index is 12.3. The quantitative estimate of drug-likeness (QED) is 0.632. The normalized spacial score (nSPS) is 56.0. The molecule has 0 N–H and O–H groups in total. The molecule has 1 aliphatic heterocycles. The standard InChI is InChI=1S/C21H35NO/c1-13-10-16-19-14(2)11-17-21(4,9-7-18(23)22(17)5)15(19)6-8-20(16,3)12-13/h13-17,19H,6-12H2,1-5H3/t13?,14-,15?,16?,17?,19?,20+,21+/m0/s1. The zero-order chi connectivity index (χ0) is 16.6. The molecule has 130 valence electrons. The molecule has 0 bridgehead atoms. The molecule has 0 aromatic carbocycles. The average Bonchev–Trinajstić information content (AvgIpc) is 2.80. The molecule has 5 unspecified atom stereocenters. The van der Waals surface area contributed by atoms with Crippen molar-refractivity contribution < 1.29 is 4.79 Å².